The maximum atomic E-state index is 13.9. The highest BCUT2D eigenvalue weighted by atomic mass is 35.5. The Morgan fingerprint density at radius 3 is 2.38 bits per heavy atom. The minimum Gasteiger partial charge on any atom is -0.297 e. The van der Waals surface area contributed by atoms with Gasteiger partial charge in [-0.25, -0.2) is 13.8 Å². The fourth-order valence-electron chi connectivity index (χ4n) is 1.92. The van der Waals surface area contributed by atoms with Gasteiger partial charge >= 0.3 is 5.69 Å². The number of aromatic nitrogens is 2. The predicted molar refractivity (Wildman–Crippen MR) is 76.8 cm³/mol. The number of carbonyl (C=O) groups excluding carboxylic acids is 1. The third-order valence-corrected chi connectivity index (χ3v) is 3.18. The summed E-state index contributed by atoms with van der Waals surface area (Å²) < 4.78 is 15.6. The summed E-state index contributed by atoms with van der Waals surface area (Å²) in [5, 5.41) is -1.00. The molecule has 0 bridgehead atoms. The topological polar surface area (TPSA) is 61.1 Å². The van der Waals surface area contributed by atoms with Gasteiger partial charge in [0.2, 0.25) is 0 Å². The van der Waals surface area contributed by atoms with Crippen LogP contribution in [0, 0.1) is 5.82 Å². The summed E-state index contributed by atoms with van der Waals surface area (Å²) >= 11 is 5.38. The molecule has 0 aliphatic carbocycles. The molecular weight excluding hydrogens is 299 g/mol. The average molecular weight is 311 g/mol. The van der Waals surface area contributed by atoms with Crippen LogP contribution in [-0.2, 0) is 0 Å². The van der Waals surface area contributed by atoms with E-state index in [9.17, 15) is 18.8 Å². The molecule has 0 unspecified atom stereocenters. The quantitative estimate of drug-likeness (QED) is 0.816. The second-order valence-electron chi connectivity index (χ2n) is 4.69. The summed E-state index contributed by atoms with van der Waals surface area (Å²) in [6.45, 7) is 3.39. The van der Waals surface area contributed by atoms with Gasteiger partial charge in [0.05, 0.1) is 5.69 Å². The van der Waals surface area contributed by atoms with Crippen molar-refractivity contribution in [2.24, 2.45) is 0 Å². The molecule has 1 heterocycles. The zero-order valence-electron chi connectivity index (χ0n) is 11.3. The third kappa shape index (κ3) is 2.67. The Morgan fingerprint density at radius 2 is 1.86 bits per heavy atom. The highest BCUT2D eigenvalue weighted by molar-refractivity contribution is 6.67. The molecule has 0 radical (unpaired) electrons. The number of halogens is 2. The molecule has 1 aromatic carbocycles. The van der Waals surface area contributed by atoms with Crippen molar-refractivity contribution in [2.75, 3.05) is 0 Å². The van der Waals surface area contributed by atoms with Crippen LogP contribution >= 0.6 is 11.6 Å². The van der Waals surface area contributed by atoms with Crippen molar-refractivity contribution in [3.63, 3.8) is 0 Å². The third-order valence-electron chi connectivity index (χ3n) is 2.98. The van der Waals surface area contributed by atoms with E-state index < -0.39 is 22.3 Å². The minimum absolute atomic E-state index is 0.221. The molecule has 0 fully saturated rings. The molecule has 1 aromatic heterocycles. The first-order valence-corrected chi connectivity index (χ1v) is 6.55. The van der Waals surface area contributed by atoms with Crippen LogP contribution in [0.3, 0.4) is 0 Å². The summed E-state index contributed by atoms with van der Waals surface area (Å²) in [5.74, 6) is -0.744. The van der Waals surface area contributed by atoms with Crippen molar-refractivity contribution in [3.05, 3.63) is 62.7 Å². The fraction of sp³-hybridized carbons (Fsp3) is 0.214. The summed E-state index contributed by atoms with van der Waals surface area (Å²) in [5.41, 5.74) is -2.28. The van der Waals surface area contributed by atoms with E-state index in [2.05, 4.69) is 0 Å². The molecule has 2 aromatic rings. The zero-order chi connectivity index (χ0) is 15.7. The van der Waals surface area contributed by atoms with E-state index in [1.165, 1.54) is 18.2 Å². The summed E-state index contributed by atoms with van der Waals surface area (Å²) in [7, 11) is 0. The standard InChI is InChI=1S/C14H12ClFN2O3/c1-8(2)17-7-9(12(15)19)13(20)18(14(17)21)11-6-4-3-5-10(11)16/h3-8H,1-2H3. The van der Waals surface area contributed by atoms with Gasteiger partial charge in [0.1, 0.15) is 11.4 Å². The van der Waals surface area contributed by atoms with E-state index >= 15 is 0 Å². The van der Waals surface area contributed by atoms with Crippen LogP contribution in [0.25, 0.3) is 5.69 Å². The SMILES string of the molecule is CC(C)n1cc(C(=O)Cl)c(=O)n(-c2ccccc2F)c1=O. The van der Waals surface area contributed by atoms with Gasteiger partial charge in [0, 0.05) is 12.2 Å². The maximum Gasteiger partial charge on any atom is 0.336 e. The van der Waals surface area contributed by atoms with Crippen LogP contribution < -0.4 is 11.2 Å². The van der Waals surface area contributed by atoms with Crippen LogP contribution in [0.1, 0.15) is 30.2 Å². The normalized spacial score (nSPS) is 10.9. The van der Waals surface area contributed by atoms with Crippen molar-refractivity contribution < 1.29 is 9.18 Å². The number of nitrogens with zero attached hydrogens (tertiary/aromatic N) is 2. The Morgan fingerprint density at radius 1 is 1.24 bits per heavy atom. The first-order valence-electron chi connectivity index (χ1n) is 6.17. The summed E-state index contributed by atoms with van der Waals surface area (Å²) in [4.78, 5) is 36.0. The fourth-order valence-corrected chi connectivity index (χ4v) is 2.05. The number of rotatable bonds is 3. The molecule has 0 saturated carbocycles. The van der Waals surface area contributed by atoms with Gasteiger partial charge < -0.3 is 0 Å². The first kappa shape index (κ1) is 15.2. The smallest absolute Gasteiger partial charge is 0.297 e. The van der Waals surface area contributed by atoms with Crippen molar-refractivity contribution in [2.45, 2.75) is 19.9 Å². The molecular formula is C14H12ClFN2O3. The molecule has 7 heteroatoms. The summed E-state index contributed by atoms with van der Waals surface area (Å²) in [6.07, 6.45) is 1.10. The Labute approximate surface area is 124 Å². The Hall–Kier alpha value is -2.21. The Kier molecular flexibility index (Phi) is 4.09. The Bertz CT molecular complexity index is 824. The molecule has 0 aliphatic heterocycles. The zero-order valence-corrected chi connectivity index (χ0v) is 12.1. The van der Waals surface area contributed by atoms with E-state index in [0.717, 1.165) is 16.8 Å². The molecule has 0 N–H and O–H groups in total. The lowest BCUT2D eigenvalue weighted by Gasteiger charge is -2.14. The van der Waals surface area contributed by atoms with Gasteiger partial charge in [-0.1, -0.05) is 12.1 Å². The van der Waals surface area contributed by atoms with E-state index in [-0.39, 0.29) is 17.3 Å². The van der Waals surface area contributed by atoms with Gasteiger partial charge in [-0.05, 0) is 37.6 Å². The van der Waals surface area contributed by atoms with Crippen molar-refractivity contribution >= 4 is 16.8 Å². The average Bonchev–Trinajstić information content (AvgIpc) is 2.40. The number of para-hydroxylation sites is 1. The maximum absolute atomic E-state index is 13.9. The number of benzene rings is 1. The van der Waals surface area contributed by atoms with Crippen molar-refractivity contribution in [1.82, 2.24) is 9.13 Å². The largest absolute Gasteiger partial charge is 0.336 e. The number of hydrogen-bond acceptors (Lipinski definition) is 3. The minimum atomic E-state index is -1.00. The lowest BCUT2D eigenvalue weighted by molar-refractivity contribution is 0.107. The van der Waals surface area contributed by atoms with Crippen LogP contribution in [0.2, 0.25) is 0 Å². The molecule has 110 valence electrons. The molecule has 0 atom stereocenters. The van der Waals surface area contributed by atoms with Crippen molar-refractivity contribution in [3.8, 4) is 5.69 Å². The predicted octanol–water partition coefficient (Wildman–Crippen LogP) is 2.10. The number of hydrogen-bond donors (Lipinski definition) is 0. The molecule has 21 heavy (non-hydrogen) atoms. The molecule has 5 nitrogen and oxygen atoms in total. The highest BCUT2D eigenvalue weighted by Crippen LogP contribution is 2.10. The number of carbonyl (C=O) groups is 1. The van der Waals surface area contributed by atoms with Gasteiger partial charge in [-0.15, -0.1) is 0 Å². The first-order chi connectivity index (χ1) is 9.84. The molecule has 0 amide bonds. The monoisotopic (exact) mass is 310 g/mol. The van der Waals surface area contributed by atoms with Gasteiger partial charge in [-0.3, -0.25) is 14.2 Å². The van der Waals surface area contributed by atoms with Gasteiger partial charge in [0.25, 0.3) is 10.8 Å². The lowest BCUT2D eigenvalue weighted by Crippen LogP contribution is -2.41. The Balaban J connectivity index is 2.95. The van der Waals surface area contributed by atoms with E-state index in [1.807, 2.05) is 0 Å². The highest BCUT2D eigenvalue weighted by Gasteiger charge is 2.19. The van der Waals surface area contributed by atoms with Crippen LogP contribution in [0.4, 0.5) is 4.39 Å². The van der Waals surface area contributed by atoms with Gasteiger partial charge in [-0.2, -0.15) is 0 Å². The molecule has 0 saturated heterocycles. The molecule has 0 spiro atoms. The molecule has 0 aliphatic rings. The lowest BCUT2D eigenvalue weighted by atomic mass is 10.2. The second-order valence-corrected chi connectivity index (χ2v) is 5.04. The summed E-state index contributed by atoms with van der Waals surface area (Å²) in [6, 6.07) is 4.99. The van der Waals surface area contributed by atoms with E-state index in [1.54, 1.807) is 13.8 Å². The molecule has 2 rings (SSSR count). The van der Waals surface area contributed by atoms with Crippen molar-refractivity contribution in [1.29, 1.82) is 0 Å². The van der Waals surface area contributed by atoms with Crippen LogP contribution in [0.15, 0.2) is 40.1 Å². The van der Waals surface area contributed by atoms with Crippen LogP contribution in [0.5, 0.6) is 0 Å². The van der Waals surface area contributed by atoms with E-state index in [4.69, 9.17) is 11.6 Å². The van der Waals surface area contributed by atoms with Crippen LogP contribution in [-0.4, -0.2) is 14.4 Å². The van der Waals surface area contributed by atoms with E-state index in [0.29, 0.717) is 4.57 Å². The second kappa shape index (κ2) is 5.65. The van der Waals surface area contributed by atoms with Gasteiger partial charge in [0.15, 0.2) is 0 Å².